The molecule has 10 aromatic rings. The van der Waals surface area contributed by atoms with Gasteiger partial charge in [0, 0.05) is 33.7 Å². The Labute approximate surface area is 332 Å². The summed E-state index contributed by atoms with van der Waals surface area (Å²) < 4.78 is 0. The predicted molar refractivity (Wildman–Crippen MR) is 237 cm³/mol. The average molecular weight is 728 g/mol. The van der Waals surface area contributed by atoms with Crippen molar-refractivity contribution in [3.63, 3.8) is 0 Å². The third kappa shape index (κ3) is 5.54. The molecule has 3 heteroatoms. The lowest BCUT2D eigenvalue weighted by Crippen LogP contribution is -2.14. The molecule has 2 aromatic heterocycles. The van der Waals surface area contributed by atoms with Crippen molar-refractivity contribution in [2.24, 2.45) is 0 Å². The van der Waals surface area contributed by atoms with E-state index in [2.05, 4.69) is 189 Å². The Kier molecular flexibility index (Phi) is 7.52. The highest BCUT2D eigenvalue weighted by atomic mass is 14.9. The first-order valence-electron chi connectivity index (χ1n) is 19.6. The van der Waals surface area contributed by atoms with E-state index in [-0.39, 0.29) is 5.41 Å². The van der Waals surface area contributed by atoms with Crippen LogP contribution < -0.4 is 0 Å². The van der Waals surface area contributed by atoms with E-state index in [9.17, 15) is 0 Å². The highest BCUT2D eigenvalue weighted by Gasteiger charge is 2.37. The van der Waals surface area contributed by atoms with E-state index in [1.807, 2.05) is 18.3 Å². The maximum Gasteiger partial charge on any atom is 0.160 e. The molecular weight excluding hydrogens is 691 g/mol. The summed E-state index contributed by atoms with van der Waals surface area (Å²) in [5.74, 6) is 0.716. The van der Waals surface area contributed by atoms with Gasteiger partial charge in [-0.1, -0.05) is 147 Å². The molecule has 0 bridgehead atoms. The van der Waals surface area contributed by atoms with Crippen molar-refractivity contribution in [2.75, 3.05) is 0 Å². The monoisotopic (exact) mass is 727 g/mol. The Morgan fingerprint density at radius 2 is 0.965 bits per heavy atom. The Bertz CT molecular complexity index is 3220. The second-order valence-corrected chi connectivity index (χ2v) is 15.7. The summed E-state index contributed by atoms with van der Waals surface area (Å²) in [6.07, 6.45) is 1.85. The Morgan fingerprint density at radius 1 is 0.368 bits per heavy atom. The average Bonchev–Trinajstić information content (AvgIpc) is 3.50. The van der Waals surface area contributed by atoms with Crippen molar-refractivity contribution in [3.05, 3.63) is 199 Å². The molecule has 268 valence electrons. The Morgan fingerprint density at radius 3 is 1.75 bits per heavy atom. The van der Waals surface area contributed by atoms with Gasteiger partial charge in [-0.05, 0) is 115 Å². The van der Waals surface area contributed by atoms with E-state index < -0.39 is 0 Å². The fourth-order valence-electron chi connectivity index (χ4n) is 8.94. The molecule has 0 atom stereocenters. The smallest absolute Gasteiger partial charge is 0.160 e. The zero-order valence-corrected chi connectivity index (χ0v) is 31.7. The lowest BCUT2D eigenvalue weighted by molar-refractivity contribution is 0.661. The second kappa shape index (κ2) is 12.9. The number of fused-ring (bicyclic) bond motifs is 6. The molecule has 0 spiro atoms. The largest absolute Gasteiger partial charge is 0.256 e. The van der Waals surface area contributed by atoms with Crippen LogP contribution in [0.4, 0.5) is 0 Å². The van der Waals surface area contributed by atoms with Gasteiger partial charge in [0.25, 0.3) is 0 Å². The normalized spacial score (nSPS) is 12.9. The van der Waals surface area contributed by atoms with Gasteiger partial charge in [0.05, 0.1) is 16.9 Å². The van der Waals surface area contributed by atoms with Gasteiger partial charge in [-0.3, -0.25) is 4.98 Å². The summed E-state index contributed by atoms with van der Waals surface area (Å²) >= 11 is 0. The van der Waals surface area contributed by atoms with Gasteiger partial charge >= 0.3 is 0 Å². The SMILES string of the molecule is CC1(C)c2cc3ccccc3cc2-c2c(-c3cc(-c4ccc5cc(-c6ccccc6-c6ccc7ncccc7c6)ccc5c4)nc(-c4ccccc4)n3)cccc21. The molecular formula is C54H37N3. The standard InChI is InChI=1S/C54H37N3/c1-54(2)47-20-10-19-45(52(47)46-31-35-14-6-7-15-36(35)32-48(46)54)51-33-50(56-53(57-51)34-12-4-3-5-13-34)42-24-22-37-28-39(23-21-38(37)29-42)43-17-8-9-18-44(43)40-25-26-49-41(30-40)16-11-27-55-49/h3-33H,1-2H3. The molecule has 0 amide bonds. The van der Waals surface area contributed by atoms with Gasteiger partial charge in [0.1, 0.15) is 0 Å². The van der Waals surface area contributed by atoms with Crippen LogP contribution in [0.2, 0.25) is 0 Å². The van der Waals surface area contributed by atoms with Crippen LogP contribution in [0.25, 0.3) is 99.7 Å². The molecule has 0 saturated carbocycles. The van der Waals surface area contributed by atoms with E-state index in [1.165, 1.54) is 60.7 Å². The van der Waals surface area contributed by atoms with E-state index in [0.717, 1.165) is 44.4 Å². The van der Waals surface area contributed by atoms with Crippen LogP contribution in [0.1, 0.15) is 25.0 Å². The topological polar surface area (TPSA) is 38.7 Å². The number of pyridine rings is 1. The summed E-state index contributed by atoms with van der Waals surface area (Å²) in [6, 6.07) is 65.4. The van der Waals surface area contributed by atoms with Crippen molar-refractivity contribution in [1.82, 2.24) is 15.0 Å². The van der Waals surface area contributed by atoms with E-state index >= 15 is 0 Å². The zero-order chi connectivity index (χ0) is 38.1. The first-order valence-corrected chi connectivity index (χ1v) is 19.6. The molecule has 1 aliphatic rings. The fourth-order valence-corrected chi connectivity index (χ4v) is 8.94. The molecule has 0 aliphatic heterocycles. The third-order valence-electron chi connectivity index (χ3n) is 11.9. The number of hydrogen-bond acceptors (Lipinski definition) is 3. The zero-order valence-electron chi connectivity index (χ0n) is 31.7. The van der Waals surface area contributed by atoms with Crippen molar-refractivity contribution in [1.29, 1.82) is 0 Å². The number of nitrogens with zero attached hydrogens (tertiary/aromatic N) is 3. The molecule has 0 radical (unpaired) electrons. The van der Waals surface area contributed by atoms with E-state index in [4.69, 9.17) is 9.97 Å². The number of rotatable bonds is 5. The van der Waals surface area contributed by atoms with Gasteiger partial charge < -0.3 is 0 Å². The van der Waals surface area contributed by atoms with E-state index in [1.54, 1.807) is 0 Å². The Balaban J connectivity index is 1.03. The highest BCUT2D eigenvalue weighted by molar-refractivity contribution is 5.99. The summed E-state index contributed by atoms with van der Waals surface area (Å²) in [6.45, 7) is 4.69. The molecule has 3 nitrogen and oxygen atoms in total. The van der Waals surface area contributed by atoms with Crippen LogP contribution in [-0.4, -0.2) is 15.0 Å². The molecule has 0 saturated heterocycles. The highest BCUT2D eigenvalue weighted by Crippen LogP contribution is 2.53. The molecule has 0 unspecified atom stereocenters. The number of benzene rings is 8. The molecule has 0 N–H and O–H groups in total. The van der Waals surface area contributed by atoms with Crippen LogP contribution in [0.15, 0.2) is 188 Å². The van der Waals surface area contributed by atoms with Gasteiger partial charge in [-0.15, -0.1) is 0 Å². The van der Waals surface area contributed by atoms with E-state index in [0.29, 0.717) is 5.82 Å². The molecule has 1 aliphatic carbocycles. The van der Waals surface area contributed by atoms with Crippen LogP contribution in [0.3, 0.4) is 0 Å². The van der Waals surface area contributed by atoms with Gasteiger partial charge in [0.2, 0.25) is 0 Å². The molecule has 11 rings (SSSR count). The minimum Gasteiger partial charge on any atom is -0.256 e. The van der Waals surface area contributed by atoms with Crippen molar-refractivity contribution in [3.8, 4) is 67.3 Å². The maximum absolute atomic E-state index is 5.30. The summed E-state index contributed by atoms with van der Waals surface area (Å²) in [5.41, 5.74) is 15.8. The minimum absolute atomic E-state index is 0.145. The fraction of sp³-hybridized carbons (Fsp3) is 0.0556. The summed E-state index contributed by atoms with van der Waals surface area (Å²) in [5, 5.41) is 5.99. The van der Waals surface area contributed by atoms with Crippen molar-refractivity contribution in [2.45, 2.75) is 19.3 Å². The quantitative estimate of drug-likeness (QED) is 0.177. The third-order valence-corrected chi connectivity index (χ3v) is 11.9. The maximum atomic E-state index is 5.30. The van der Waals surface area contributed by atoms with Gasteiger partial charge in [-0.2, -0.15) is 0 Å². The molecule has 57 heavy (non-hydrogen) atoms. The molecule has 0 fully saturated rings. The van der Waals surface area contributed by atoms with Crippen LogP contribution in [0.5, 0.6) is 0 Å². The van der Waals surface area contributed by atoms with Crippen molar-refractivity contribution < 1.29 is 0 Å². The predicted octanol–water partition coefficient (Wildman–Crippen LogP) is 14.0. The van der Waals surface area contributed by atoms with Crippen LogP contribution >= 0.6 is 0 Å². The first kappa shape index (κ1) is 33.1. The Hall–Kier alpha value is -7.23. The first-order chi connectivity index (χ1) is 28.0. The number of aromatic nitrogens is 3. The number of hydrogen-bond donors (Lipinski definition) is 0. The van der Waals surface area contributed by atoms with Crippen molar-refractivity contribution >= 4 is 32.4 Å². The summed E-state index contributed by atoms with van der Waals surface area (Å²) in [7, 11) is 0. The second-order valence-electron chi connectivity index (χ2n) is 15.7. The van der Waals surface area contributed by atoms with Crippen LogP contribution in [-0.2, 0) is 5.41 Å². The lowest BCUT2D eigenvalue weighted by Gasteiger charge is -2.22. The summed E-state index contributed by atoms with van der Waals surface area (Å²) in [4.78, 5) is 15.1. The van der Waals surface area contributed by atoms with Crippen LogP contribution in [0, 0.1) is 0 Å². The van der Waals surface area contributed by atoms with Gasteiger partial charge in [0.15, 0.2) is 5.82 Å². The minimum atomic E-state index is -0.145. The molecule has 2 heterocycles. The van der Waals surface area contributed by atoms with Gasteiger partial charge in [-0.25, -0.2) is 9.97 Å². The lowest BCUT2D eigenvalue weighted by atomic mass is 9.81. The molecule has 8 aromatic carbocycles.